The second-order valence-electron chi connectivity index (χ2n) is 2.14. The molecule has 2 N–H and O–H groups in total. The maximum atomic E-state index is 10.7. The summed E-state index contributed by atoms with van der Waals surface area (Å²) in [5.41, 5.74) is 5.26. The van der Waals surface area contributed by atoms with E-state index in [4.69, 9.17) is 5.73 Å². The Hall–Kier alpha value is -1.18. The molecular weight excluding hydrogens is 170 g/mol. The summed E-state index contributed by atoms with van der Waals surface area (Å²) in [4.78, 5) is 29.2. The predicted molar refractivity (Wildman–Crippen MR) is 31.6 cm³/mol. The smallest absolute Gasteiger partial charge is 0.318 e. The van der Waals surface area contributed by atoms with E-state index in [0.717, 1.165) is 0 Å². The van der Waals surface area contributed by atoms with Crippen LogP contribution in [-0.4, -0.2) is 18.0 Å². The van der Waals surface area contributed by atoms with Gasteiger partial charge in [-0.1, -0.05) is 0 Å². The van der Waals surface area contributed by atoms with Crippen LogP contribution in [0.15, 0.2) is 0 Å². The summed E-state index contributed by atoms with van der Waals surface area (Å²) < 4.78 is 0. The van der Waals surface area contributed by atoms with Crippen LogP contribution >= 0.6 is 0 Å². The first-order chi connectivity index (χ1) is 5.70. The molecule has 0 amide bonds. The lowest BCUT2D eigenvalue weighted by atomic mass is 10.2. The van der Waals surface area contributed by atoms with Crippen molar-refractivity contribution < 1.29 is 29.4 Å². The van der Waals surface area contributed by atoms with E-state index in [1.165, 1.54) is 0 Å². The molecule has 0 radical (unpaired) electrons. The first kappa shape index (κ1) is 8.91. The van der Waals surface area contributed by atoms with Gasteiger partial charge < -0.3 is 5.73 Å². The summed E-state index contributed by atoms with van der Waals surface area (Å²) in [7, 11) is 0. The summed E-state index contributed by atoms with van der Waals surface area (Å²) in [6, 6.07) is -0.903. The lowest BCUT2D eigenvalue weighted by Gasteiger charge is -2.02. The van der Waals surface area contributed by atoms with Gasteiger partial charge in [0.1, 0.15) is 6.04 Å². The van der Waals surface area contributed by atoms with Crippen LogP contribution in [0.5, 0.6) is 0 Å². The molecule has 1 heterocycles. The van der Waals surface area contributed by atoms with E-state index in [0.29, 0.717) is 0 Å². The first-order valence-electron chi connectivity index (χ1n) is 3.20. The highest BCUT2D eigenvalue weighted by molar-refractivity contribution is 5.76. The van der Waals surface area contributed by atoms with E-state index in [1.54, 1.807) is 0 Å². The molecule has 0 aromatic rings. The largest absolute Gasteiger partial charge is 0.362 e. The molecule has 1 fully saturated rings. The van der Waals surface area contributed by atoms with Crippen molar-refractivity contribution >= 4 is 11.9 Å². The number of hydrogen-bond donors (Lipinski definition) is 1. The lowest BCUT2D eigenvalue weighted by molar-refractivity contribution is -0.599. The van der Waals surface area contributed by atoms with Gasteiger partial charge in [0.25, 0.3) is 0 Å². The van der Waals surface area contributed by atoms with Crippen LogP contribution in [0.4, 0.5) is 0 Å². The van der Waals surface area contributed by atoms with E-state index < -0.39 is 18.0 Å². The van der Waals surface area contributed by atoms with Crippen LogP contribution in [0, 0.1) is 0 Å². The molecule has 7 heteroatoms. The zero-order valence-corrected chi connectivity index (χ0v) is 6.02. The van der Waals surface area contributed by atoms with Crippen molar-refractivity contribution in [2.75, 3.05) is 0 Å². The van der Waals surface area contributed by atoms with Gasteiger partial charge in [-0.05, 0) is 6.42 Å². The molecule has 0 bridgehead atoms. The fourth-order valence-corrected chi connectivity index (χ4v) is 0.594. The number of rotatable bonds is 0. The van der Waals surface area contributed by atoms with Gasteiger partial charge in [0.15, 0.2) is 0 Å². The summed E-state index contributed by atoms with van der Waals surface area (Å²) in [6.07, 6.45) is 0.101. The molecule has 1 saturated heterocycles. The zero-order chi connectivity index (χ0) is 8.97. The van der Waals surface area contributed by atoms with Crippen LogP contribution in [-0.2, 0) is 29.4 Å². The van der Waals surface area contributed by atoms with Crippen molar-refractivity contribution in [3.8, 4) is 0 Å². The molecular formula is C5H7NO6. The molecule has 0 spiro atoms. The predicted octanol–water partition coefficient (Wildman–Crippen LogP) is -1.03. The fourth-order valence-electron chi connectivity index (χ4n) is 0.594. The van der Waals surface area contributed by atoms with Crippen LogP contribution in [0.3, 0.4) is 0 Å². The zero-order valence-electron chi connectivity index (χ0n) is 6.02. The van der Waals surface area contributed by atoms with Gasteiger partial charge in [-0.3, -0.25) is 9.78 Å². The minimum atomic E-state index is -0.903. The molecule has 12 heavy (non-hydrogen) atoms. The highest BCUT2D eigenvalue weighted by Crippen LogP contribution is 2.03. The molecule has 1 aliphatic heterocycles. The van der Waals surface area contributed by atoms with E-state index >= 15 is 0 Å². The molecule has 0 saturated carbocycles. The van der Waals surface area contributed by atoms with Crippen molar-refractivity contribution in [2.24, 2.45) is 5.73 Å². The van der Waals surface area contributed by atoms with Crippen LogP contribution in [0.2, 0.25) is 0 Å². The average molecular weight is 177 g/mol. The Bertz CT molecular complexity index is 192. The van der Waals surface area contributed by atoms with Gasteiger partial charge >= 0.3 is 11.9 Å². The molecule has 1 rings (SSSR count). The molecule has 0 unspecified atom stereocenters. The second kappa shape index (κ2) is 4.00. The third-order valence-electron chi connectivity index (χ3n) is 1.23. The van der Waals surface area contributed by atoms with Crippen molar-refractivity contribution in [2.45, 2.75) is 18.9 Å². The molecule has 1 aliphatic rings. The number of nitrogens with two attached hydrogens (primary N) is 1. The van der Waals surface area contributed by atoms with E-state index in [2.05, 4.69) is 19.9 Å². The Kier molecular flexibility index (Phi) is 2.97. The summed E-state index contributed by atoms with van der Waals surface area (Å²) in [6.45, 7) is 0. The minimum absolute atomic E-state index is 0.0281. The maximum absolute atomic E-state index is 10.7. The number of carbonyl (C=O) groups is 2. The van der Waals surface area contributed by atoms with Crippen molar-refractivity contribution in [3.05, 3.63) is 0 Å². The van der Waals surface area contributed by atoms with Gasteiger partial charge in [-0.25, -0.2) is 9.59 Å². The van der Waals surface area contributed by atoms with E-state index in [9.17, 15) is 9.59 Å². The third-order valence-corrected chi connectivity index (χ3v) is 1.23. The molecule has 0 aromatic carbocycles. The molecule has 1 atom stereocenters. The van der Waals surface area contributed by atoms with Crippen molar-refractivity contribution in [1.82, 2.24) is 0 Å². The summed E-state index contributed by atoms with van der Waals surface area (Å²) >= 11 is 0. The first-order valence-corrected chi connectivity index (χ1v) is 3.20. The maximum Gasteiger partial charge on any atom is 0.362 e. The van der Waals surface area contributed by atoms with Crippen LogP contribution < -0.4 is 5.73 Å². The molecule has 0 aromatic heterocycles. The Morgan fingerprint density at radius 3 is 2.67 bits per heavy atom. The molecule has 0 aliphatic carbocycles. The van der Waals surface area contributed by atoms with Gasteiger partial charge in [0.2, 0.25) is 0 Å². The second-order valence-corrected chi connectivity index (χ2v) is 2.14. The SMILES string of the molecule is N[C@@H]1CCC(=O)OOOOC1=O. The topological polar surface area (TPSA) is 97.1 Å². The standard InChI is InChI=1S/C5H7NO6/c6-3-1-2-4(7)9-11-12-10-5(3)8/h3H,1-2,6H2/t3-/m1/s1. The average Bonchev–Trinajstić information content (AvgIpc) is 2.11. The Balaban J connectivity index is 2.48. The molecule has 68 valence electrons. The highest BCUT2D eigenvalue weighted by Gasteiger charge is 2.21. The third kappa shape index (κ3) is 2.46. The minimum Gasteiger partial charge on any atom is -0.318 e. The lowest BCUT2D eigenvalue weighted by Crippen LogP contribution is -2.32. The Morgan fingerprint density at radius 1 is 1.25 bits per heavy atom. The quantitative estimate of drug-likeness (QED) is 0.472. The number of carbonyl (C=O) groups excluding carboxylic acids is 2. The Morgan fingerprint density at radius 2 is 1.92 bits per heavy atom. The van der Waals surface area contributed by atoms with Crippen LogP contribution in [0.25, 0.3) is 0 Å². The van der Waals surface area contributed by atoms with E-state index in [1.807, 2.05) is 0 Å². The monoisotopic (exact) mass is 177 g/mol. The highest BCUT2D eigenvalue weighted by atomic mass is 17.7. The fraction of sp³-hybridized carbons (Fsp3) is 0.600. The van der Waals surface area contributed by atoms with Gasteiger partial charge in [-0.15, -0.1) is 0 Å². The van der Waals surface area contributed by atoms with Gasteiger partial charge in [-0.2, -0.15) is 0 Å². The Labute approximate surface area is 67.1 Å². The molecule has 7 nitrogen and oxygen atoms in total. The summed E-state index contributed by atoms with van der Waals surface area (Å²) in [5, 5.41) is 7.47. The van der Waals surface area contributed by atoms with Gasteiger partial charge in [0.05, 0.1) is 6.42 Å². The number of hydrogen-bond acceptors (Lipinski definition) is 7. The normalized spacial score (nSPS) is 26.2. The van der Waals surface area contributed by atoms with Crippen molar-refractivity contribution in [3.63, 3.8) is 0 Å². The summed E-state index contributed by atoms with van der Waals surface area (Å²) in [5.74, 6) is -1.49. The van der Waals surface area contributed by atoms with E-state index in [-0.39, 0.29) is 12.8 Å². The van der Waals surface area contributed by atoms with Crippen LogP contribution in [0.1, 0.15) is 12.8 Å². The van der Waals surface area contributed by atoms with Crippen molar-refractivity contribution in [1.29, 1.82) is 0 Å². The van der Waals surface area contributed by atoms with Gasteiger partial charge in [0, 0.05) is 10.1 Å².